The number of hydrogen-bond acceptors (Lipinski definition) is 6. The number of amides is 1. The van der Waals surface area contributed by atoms with Gasteiger partial charge in [0, 0.05) is 16.3 Å². The molecule has 0 spiro atoms. The average Bonchev–Trinajstić information content (AvgIpc) is 3.28. The Morgan fingerprint density at radius 3 is 2.57 bits per heavy atom. The molecule has 35 heavy (non-hydrogen) atoms. The number of carbonyl (C=O) groups excluding carboxylic acids is 1. The molecule has 1 amide bonds. The first kappa shape index (κ1) is 25.0. The first-order valence-corrected chi connectivity index (χ1v) is 12.7. The van der Waals surface area contributed by atoms with Crippen molar-refractivity contribution in [3.8, 4) is 22.8 Å². The highest BCUT2D eigenvalue weighted by Gasteiger charge is 2.17. The number of methoxy groups -OCH3 is 1. The van der Waals surface area contributed by atoms with Gasteiger partial charge in [0.2, 0.25) is 0 Å². The van der Waals surface area contributed by atoms with Crippen LogP contribution in [0.15, 0.2) is 81.5 Å². The van der Waals surface area contributed by atoms with Gasteiger partial charge < -0.3 is 4.74 Å². The van der Waals surface area contributed by atoms with Crippen molar-refractivity contribution in [1.82, 2.24) is 20.2 Å². The lowest BCUT2D eigenvalue weighted by Gasteiger charge is -2.10. The minimum atomic E-state index is -0.263. The molecule has 3 aromatic carbocycles. The van der Waals surface area contributed by atoms with E-state index in [1.807, 2.05) is 78.2 Å². The standard InChI is InChI=1S/C25H21BrClN5O2S/c1-16-3-6-18(7-4-16)24-30-31-25(32(24)20-10-8-19(27)9-11-20)35-15-23(33)29-28-14-17-5-12-22(34-2)21(26)13-17/h3-14H,15H2,1-2H3,(H,29,33). The number of aryl methyl sites for hydroxylation is 1. The van der Waals surface area contributed by atoms with Crippen molar-refractivity contribution in [1.29, 1.82) is 0 Å². The molecule has 0 radical (unpaired) electrons. The Bertz CT molecular complexity index is 1360. The van der Waals surface area contributed by atoms with Crippen LogP contribution in [0.5, 0.6) is 5.75 Å². The smallest absolute Gasteiger partial charge is 0.250 e. The average molecular weight is 571 g/mol. The summed E-state index contributed by atoms with van der Waals surface area (Å²) < 4.78 is 7.93. The molecule has 1 heterocycles. The first-order chi connectivity index (χ1) is 16.9. The number of hydrogen-bond donors (Lipinski definition) is 1. The van der Waals surface area contributed by atoms with Crippen molar-refractivity contribution in [2.45, 2.75) is 12.1 Å². The lowest BCUT2D eigenvalue weighted by molar-refractivity contribution is -0.118. The third-order valence-corrected chi connectivity index (χ3v) is 6.74. The van der Waals surface area contributed by atoms with Crippen LogP contribution in [0, 0.1) is 6.92 Å². The number of rotatable bonds is 8. The van der Waals surface area contributed by atoms with Crippen LogP contribution >= 0.6 is 39.3 Å². The number of benzene rings is 3. The van der Waals surface area contributed by atoms with Crippen LogP contribution in [-0.2, 0) is 4.79 Å². The summed E-state index contributed by atoms with van der Waals surface area (Å²) in [7, 11) is 1.60. The Labute approximate surface area is 220 Å². The normalized spacial score (nSPS) is 11.1. The predicted molar refractivity (Wildman–Crippen MR) is 144 cm³/mol. The predicted octanol–water partition coefficient (Wildman–Crippen LogP) is 5.91. The number of ether oxygens (including phenoxy) is 1. The van der Waals surface area contributed by atoms with E-state index in [4.69, 9.17) is 16.3 Å². The quantitative estimate of drug-likeness (QED) is 0.162. The highest BCUT2D eigenvalue weighted by molar-refractivity contribution is 9.10. The van der Waals surface area contributed by atoms with Gasteiger partial charge in [0.1, 0.15) is 5.75 Å². The van der Waals surface area contributed by atoms with Gasteiger partial charge in [-0.25, -0.2) is 5.43 Å². The van der Waals surface area contributed by atoms with Gasteiger partial charge in [0.05, 0.1) is 23.5 Å². The maximum absolute atomic E-state index is 12.4. The van der Waals surface area contributed by atoms with Gasteiger partial charge in [-0.15, -0.1) is 10.2 Å². The number of nitrogens with one attached hydrogen (secondary N) is 1. The Hall–Kier alpha value is -3.14. The minimum Gasteiger partial charge on any atom is -0.496 e. The summed E-state index contributed by atoms with van der Waals surface area (Å²) in [6, 6.07) is 21.0. The van der Waals surface area contributed by atoms with E-state index < -0.39 is 0 Å². The van der Waals surface area contributed by atoms with Crippen LogP contribution in [0.25, 0.3) is 17.1 Å². The Morgan fingerprint density at radius 2 is 1.89 bits per heavy atom. The summed E-state index contributed by atoms with van der Waals surface area (Å²) in [6.07, 6.45) is 1.57. The second-order valence-corrected chi connectivity index (χ2v) is 9.69. The summed E-state index contributed by atoms with van der Waals surface area (Å²) in [6.45, 7) is 2.03. The summed E-state index contributed by atoms with van der Waals surface area (Å²) >= 11 is 10.8. The molecule has 0 aliphatic rings. The molecular weight excluding hydrogens is 550 g/mol. The fourth-order valence-corrected chi connectivity index (χ4v) is 4.61. The van der Waals surface area contributed by atoms with E-state index in [9.17, 15) is 4.79 Å². The topological polar surface area (TPSA) is 81.4 Å². The number of thioether (sulfide) groups is 1. The molecule has 1 aromatic heterocycles. The molecule has 0 fully saturated rings. The molecule has 0 atom stereocenters. The number of carbonyl (C=O) groups is 1. The third-order valence-electron chi connectivity index (χ3n) is 4.94. The molecule has 0 unspecified atom stereocenters. The second-order valence-electron chi connectivity index (χ2n) is 7.46. The van der Waals surface area contributed by atoms with E-state index in [0.29, 0.717) is 16.0 Å². The van der Waals surface area contributed by atoms with E-state index >= 15 is 0 Å². The van der Waals surface area contributed by atoms with E-state index in [-0.39, 0.29) is 11.7 Å². The lowest BCUT2D eigenvalue weighted by Crippen LogP contribution is -2.20. The molecule has 4 rings (SSSR count). The van der Waals surface area contributed by atoms with Crippen LogP contribution in [0.3, 0.4) is 0 Å². The molecule has 178 valence electrons. The van der Waals surface area contributed by atoms with E-state index in [1.54, 1.807) is 13.3 Å². The monoisotopic (exact) mass is 569 g/mol. The zero-order valence-corrected chi connectivity index (χ0v) is 22.1. The number of aromatic nitrogens is 3. The van der Waals surface area contributed by atoms with Gasteiger partial charge >= 0.3 is 0 Å². The summed E-state index contributed by atoms with van der Waals surface area (Å²) in [4.78, 5) is 12.4. The SMILES string of the molecule is COc1ccc(C=NNC(=O)CSc2nnc(-c3ccc(C)cc3)n2-c2ccc(Cl)cc2)cc1Br. The molecule has 0 saturated heterocycles. The Kier molecular flexibility index (Phi) is 8.22. The van der Waals surface area contributed by atoms with Gasteiger partial charge in [0.25, 0.3) is 5.91 Å². The van der Waals surface area contributed by atoms with Crippen LogP contribution in [-0.4, -0.2) is 39.7 Å². The highest BCUT2D eigenvalue weighted by atomic mass is 79.9. The fourth-order valence-electron chi connectivity index (χ4n) is 3.18. The molecule has 1 N–H and O–H groups in total. The minimum absolute atomic E-state index is 0.114. The fraction of sp³-hybridized carbons (Fsp3) is 0.120. The largest absolute Gasteiger partial charge is 0.496 e. The molecule has 10 heteroatoms. The number of hydrazone groups is 1. The highest BCUT2D eigenvalue weighted by Crippen LogP contribution is 2.29. The Balaban J connectivity index is 1.48. The van der Waals surface area contributed by atoms with Gasteiger partial charge in [-0.05, 0) is 70.9 Å². The molecular formula is C25H21BrClN5O2S. The van der Waals surface area contributed by atoms with E-state index in [1.165, 1.54) is 11.8 Å². The molecule has 0 aliphatic carbocycles. The van der Waals surface area contributed by atoms with Gasteiger partial charge in [-0.1, -0.05) is 53.2 Å². The second kappa shape index (κ2) is 11.5. The first-order valence-electron chi connectivity index (χ1n) is 10.5. The maximum atomic E-state index is 12.4. The molecule has 0 aliphatic heterocycles. The van der Waals surface area contributed by atoms with Crippen LogP contribution in [0.2, 0.25) is 5.02 Å². The molecule has 0 bridgehead atoms. The van der Waals surface area contributed by atoms with Crippen LogP contribution in [0.1, 0.15) is 11.1 Å². The maximum Gasteiger partial charge on any atom is 0.250 e. The van der Waals surface area contributed by atoms with Gasteiger partial charge in [0.15, 0.2) is 11.0 Å². The number of halogens is 2. The summed E-state index contributed by atoms with van der Waals surface area (Å²) in [5.74, 6) is 1.25. The Morgan fingerprint density at radius 1 is 1.14 bits per heavy atom. The van der Waals surface area contributed by atoms with Gasteiger partial charge in [-0.3, -0.25) is 9.36 Å². The van der Waals surface area contributed by atoms with Crippen LogP contribution in [0.4, 0.5) is 0 Å². The van der Waals surface area contributed by atoms with Crippen LogP contribution < -0.4 is 10.2 Å². The van der Waals surface area contributed by atoms with Crippen molar-refractivity contribution in [2.24, 2.45) is 5.10 Å². The van der Waals surface area contributed by atoms with Crippen molar-refractivity contribution >= 4 is 51.4 Å². The summed E-state index contributed by atoms with van der Waals surface area (Å²) in [5, 5.41) is 14.0. The van der Waals surface area contributed by atoms with E-state index in [0.717, 1.165) is 32.6 Å². The van der Waals surface area contributed by atoms with Gasteiger partial charge in [-0.2, -0.15) is 5.10 Å². The number of nitrogens with zero attached hydrogens (tertiary/aromatic N) is 4. The molecule has 0 saturated carbocycles. The van der Waals surface area contributed by atoms with Crippen molar-refractivity contribution in [3.05, 3.63) is 87.4 Å². The van der Waals surface area contributed by atoms with Crippen molar-refractivity contribution in [2.75, 3.05) is 12.9 Å². The van der Waals surface area contributed by atoms with Crippen molar-refractivity contribution < 1.29 is 9.53 Å². The zero-order valence-electron chi connectivity index (χ0n) is 18.9. The van der Waals surface area contributed by atoms with E-state index in [2.05, 4.69) is 36.7 Å². The summed E-state index contributed by atoms with van der Waals surface area (Å²) in [5.41, 5.74) is 6.29. The molecule has 4 aromatic rings. The zero-order chi connectivity index (χ0) is 24.8. The third kappa shape index (κ3) is 6.30. The lowest BCUT2D eigenvalue weighted by atomic mass is 10.1. The molecule has 7 nitrogen and oxygen atoms in total. The van der Waals surface area contributed by atoms with Crippen molar-refractivity contribution in [3.63, 3.8) is 0 Å².